The lowest BCUT2D eigenvalue weighted by atomic mass is 10.1. The largest absolute Gasteiger partial charge is 0.434 e. The van der Waals surface area contributed by atoms with Gasteiger partial charge in [-0.05, 0) is 30.7 Å². The van der Waals surface area contributed by atoms with Gasteiger partial charge in [-0.25, -0.2) is 19.9 Å². The molecule has 0 aliphatic heterocycles. The minimum absolute atomic E-state index is 0.159. The quantitative estimate of drug-likeness (QED) is 0.290. The van der Waals surface area contributed by atoms with E-state index in [1.807, 2.05) is 35.1 Å². The third-order valence-electron chi connectivity index (χ3n) is 5.55. The van der Waals surface area contributed by atoms with Gasteiger partial charge in [-0.15, -0.1) is 11.3 Å². The minimum Gasteiger partial charge on any atom is -0.434 e. The van der Waals surface area contributed by atoms with Gasteiger partial charge in [0, 0.05) is 48.1 Å². The van der Waals surface area contributed by atoms with E-state index >= 15 is 0 Å². The van der Waals surface area contributed by atoms with Crippen LogP contribution in [-0.2, 0) is 13.0 Å². The summed E-state index contributed by atoms with van der Waals surface area (Å²) in [7, 11) is 0. The van der Waals surface area contributed by atoms with Crippen LogP contribution in [0.5, 0.6) is 5.75 Å². The fourth-order valence-corrected chi connectivity index (χ4v) is 4.48. The Hall–Kier alpha value is -3.92. The minimum atomic E-state index is -2.88. The van der Waals surface area contributed by atoms with E-state index in [-0.39, 0.29) is 5.75 Å². The number of hydrogen-bond acceptors (Lipinski definition) is 7. The zero-order valence-corrected chi connectivity index (χ0v) is 19.7. The SMILES string of the molecule is Cc1nc2ccc(-c3cnc(NCCc4nccs4)nc3)cc2n1Cc1ccccc1OC(F)F. The molecule has 0 bridgehead atoms. The van der Waals surface area contributed by atoms with Crippen molar-refractivity contribution in [3.05, 3.63) is 82.8 Å². The maximum absolute atomic E-state index is 12.9. The van der Waals surface area contributed by atoms with Crippen molar-refractivity contribution in [1.29, 1.82) is 0 Å². The lowest BCUT2D eigenvalue weighted by molar-refractivity contribution is -0.0504. The van der Waals surface area contributed by atoms with Crippen molar-refractivity contribution in [2.24, 2.45) is 0 Å². The van der Waals surface area contributed by atoms with Gasteiger partial charge in [-0.3, -0.25) is 0 Å². The Morgan fingerprint density at radius 1 is 1.06 bits per heavy atom. The van der Waals surface area contributed by atoms with E-state index in [0.717, 1.165) is 39.4 Å². The molecule has 3 aromatic heterocycles. The van der Waals surface area contributed by atoms with Gasteiger partial charge in [0.05, 0.1) is 22.6 Å². The van der Waals surface area contributed by atoms with Crippen LogP contribution in [0.15, 0.2) is 66.4 Å². The van der Waals surface area contributed by atoms with Crippen molar-refractivity contribution in [1.82, 2.24) is 24.5 Å². The molecule has 7 nitrogen and oxygen atoms in total. The van der Waals surface area contributed by atoms with Crippen LogP contribution in [0.1, 0.15) is 16.4 Å². The van der Waals surface area contributed by atoms with Gasteiger partial charge in [-0.2, -0.15) is 8.78 Å². The second-order valence-electron chi connectivity index (χ2n) is 7.83. The van der Waals surface area contributed by atoms with Crippen LogP contribution in [0.25, 0.3) is 22.2 Å². The fraction of sp³-hybridized carbons (Fsp3) is 0.200. The van der Waals surface area contributed by atoms with E-state index in [1.54, 1.807) is 54.2 Å². The molecule has 0 unspecified atom stereocenters. The summed E-state index contributed by atoms with van der Waals surface area (Å²) in [5, 5.41) is 6.24. The zero-order valence-electron chi connectivity index (χ0n) is 18.9. The molecular formula is C25H22F2N6OS. The van der Waals surface area contributed by atoms with Crippen molar-refractivity contribution in [3.63, 3.8) is 0 Å². The maximum atomic E-state index is 12.9. The first-order valence-electron chi connectivity index (χ1n) is 11.0. The number of rotatable bonds is 9. The first kappa shape index (κ1) is 22.9. The number of benzene rings is 2. The third kappa shape index (κ3) is 5.27. The molecule has 0 saturated heterocycles. The number of aromatic nitrogens is 5. The molecule has 178 valence electrons. The number of halogens is 2. The van der Waals surface area contributed by atoms with Gasteiger partial charge in [0.1, 0.15) is 11.6 Å². The van der Waals surface area contributed by atoms with Crippen molar-refractivity contribution in [3.8, 4) is 16.9 Å². The molecule has 0 amide bonds. The first-order chi connectivity index (χ1) is 17.1. The average Bonchev–Trinajstić information content (AvgIpc) is 3.48. The van der Waals surface area contributed by atoms with E-state index in [1.165, 1.54) is 0 Å². The van der Waals surface area contributed by atoms with Crippen molar-refractivity contribution in [2.75, 3.05) is 11.9 Å². The van der Waals surface area contributed by atoms with Crippen molar-refractivity contribution < 1.29 is 13.5 Å². The van der Waals surface area contributed by atoms with Gasteiger partial charge in [-0.1, -0.05) is 24.3 Å². The number of nitrogens with one attached hydrogen (secondary N) is 1. The molecule has 0 aliphatic carbocycles. The number of hydrogen-bond donors (Lipinski definition) is 1. The summed E-state index contributed by atoms with van der Waals surface area (Å²) >= 11 is 1.63. The molecule has 0 radical (unpaired) electrons. The summed E-state index contributed by atoms with van der Waals surface area (Å²) in [5.41, 5.74) is 4.16. The molecule has 0 spiro atoms. The molecule has 1 N–H and O–H groups in total. The van der Waals surface area contributed by atoms with E-state index in [2.05, 4.69) is 25.3 Å². The summed E-state index contributed by atoms with van der Waals surface area (Å²) in [6.07, 6.45) is 6.16. The molecule has 0 aliphatic rings. The predicted octanol–water partition coefficient (Wildman–Crippen LogP) is 5.56. The van der Waals surface area contributed by atoms with E-state index < -0.39 is 6.61 Å². The summed E-state index contributed by atoms with van der Waals surface area (Å²) in [5.74, 6) is 1.49. The maximum Gasteiger partial charge on any atom is 0.387 e. The smallest absolute Gasteiger partial charge is 0.387 e. The van der Waals surface area contributed by atoms with Crippen LogP contribution in [0.4, 0.5) is 14.7 Å². The van der Waals surface area contributed by atoms with Crippen LogP contribution in [0, 0.1) is 6.92 Å². The van der Waals surface area contributed by atoms with E-state index in [0.29, 0.717) is 24.6 Å². The Balaban J connectivity index is 1.36. The number of para-hydroxylation sites is 1. The van der Waals surface area contributed by atoms with Gasteiger partial charge >= 0.3 is 6.61 Å². The van der Waals surface area contributed by atoms with Crippen LogP contribution >= 0.6 is 11.3 Å². The van der Waals surface area contributed by atoms with E-state index in [9.17, 15) is 8.78 Å². The molecule has 0 saturated carbocycles. The number of anilines is 1. The van der Waals surface area contributed by atoms with Crippen LogP contribution in [0.2, 0.25) is 0 Å². The monoisotopic (exact) mass is 492 g/mol. The standard InChI is InChI=1S/C25H22F2N6OS/c1-16-32-20-7-6-17(19-13-30-25(31-14-19)29-9-8-23-28-10-11-35-23)12-21(20)33(16)15-18-4-2-3-5-22(18)34-24(26)27/h2-7,10-14,24H,8-9,15H2,1H3,(H,29,30,31). The molecular weight excluding hydrogens is 470 g/mol. The first-order valence-corrected chi connectivity index (χ1v) is 11.9. The van der Waals surface area contributed by atoms with E-state index in [4.69, 9.17) is 4.74 Å². The number of nitrogens with zero attached hydrogens (tertiary/aromatic N) is 5. The molecule has 3 heterocycles. The number of fused-ring (bicyclic) bond motifs is 1. The molecule has 0 fully saturated rings. The Labute approximate surface area is 204 Å². The number of thiazole rings is 1. The Kier molecular flexibility index (Phi) is 6.62. The second-order valence-corrected chi connectivity index (χ2v) is 8.81. The highest BCUT2D eigenvalue weighted by Crippen LogP contribution is 2.28. The molecule has 0 atom stereocenters. The highest BCUT2D eigenvalue weighted by atomic mass is 32.1. The summed E-state index contributed by atoms with van der Waals surface area (Å²) < 4.78 is 32.4. The Bertz CT molecular complexity index is 1420. The number of alkyl halides is 2. The van der Waals surface area contributed by atoms with Crippen LogP contribution in [-0.4, -0.2) is 37.7 Å². The molecule has 35 heavy (non-hydrogen) atoms. The third-order valence-corrected chi connectivity index (χ3v) is 6.39. The highest BCUT2D eigenvalue weighted by Gasteiger charge is 2.14. The van der Waals surface area contributed by atoms with Crippen molar-refractivity contribution in [2.45, 2.75) is 26.5 Å². The fourth-order valence-electron chi connectivity index (χ4n) is 3.86. The zero-order chi connectivity index (χ0) is 24.2. The van der Waals surface area contributed by atoms with Crippen molar-refractivity contribution >= 4 is 28.3 Å². The summed E-state index contributed by atoms with van der Waals surface area (Å²) in [6.45, 7) is 0.0698. The molecule has 10 heteroatoms. The molecule has 5 aromatic rings. The second kappa shape index (κ2) is 10.1. The average molecular weight is 493 g/mol. The summed E-state index contributed by atoms with van der Waals surface area (Å²) in [4.78, 5) is 17.8. The number of ether oxygens (including phenoxy) is 1. The van der Waals surface area contributed by atoms with Gasteiger partial charge in [0.15, 0.2) is 0 Å². The number of aryl methyl sites for hydroxylation is 1. The Morgan fingerprint density at radius 2 is 1.89 bits per heavy atom. The normalized spacial score (nSPS) is 11.3. The molecule has 5 rings (SSSR count). The number of imidazole rings is 1. The molecule has 2 aromatic carbocycles. The lowest BCUT2D eigenvalue weighted by Gasteiger charge is -2.13. The van der Waals surface area contributed by atoms with Crippen LogP contribution < -0.4 is 10.1 Å². The van der Waals surface area contributed by atoms with Gasteiger partial charge in [0.25, 0.3) is 0 Å². The summed E-state index contributed by atoms with van der Waals surface area (Å²) in [6, 6.07) is 12.7. The topological polar surface area (TPSA) is 77.8 Å². The Morgan fingerprint density at radius 3 is 2.66 bits per heavy atom. The van der Waals surface area contributed by atoms with Gasteiger partial charge in [0.2, 0.25) is 5.95 Å². The van der Waals surface area contributed by atoms with Gasteiger partial charge < -0.3 is 14.6 Å². The van der Waals surface area contributed by atoms with Crippen LogP contribution in [0.3, 0.4) is 0 Å². The highest BCUT2D eigenvalue weighted by molar-refractivity contribution is 7.09. The predicted molar refractivity (Wildman–Crippen MR) is 132 cm³/mol. The lowest BCUT2D eigenvalue weighted by Crippen LogP contribution is -2.08.